The minimum Gasteiger partial charge on any atom is -0.478 e. The molecule has 9 heteroatoms. The molecule has 3 heterocycles. The number of rotatable bonds is 5. The molecule has 1 aliphatic rings. The van der Waals surface area contributed by atoms with Crippen molar-refractivity contribution in [1.29, 1.82) is 0 Å². The lowest BCUT2D eigenvalue weighted by Crippen LogP contribution is -2.53. The van der Waals surface area contributed by atoms with E-state index in [0.717, 1.165) is 4.90 Å². The lowest BCUT2D eigenvalue weighted by molar-refractivity contribution is -0.130. The first kappa shape index (κ1) is 18.9. The average Bonchev–Trinajstić information content (AvgIpc) is 3.40. The molecular weight excluding hydrogens is 392 g/mol. The van der Waals surface area contributed by atoms with Gasteiger partial charge in [-0.2, -0.15) is 0 Å². The van der Waals surface area contributed by atoms with Gasteiger partial charge in [0.1, 0.15) is 22.9 Å². The molecule has 0 atom stereocenters. The van der Waals surface area contributed by atoms with Gasteiger partial charge in [0, 0.05) is 5.56 Å². The highest BCUT2D eigenvalue weighted by atomic mass is 16.4. The van der Waals surface area contributed by atoms with Gasteiger partial charge in [-0.1, -0.05) is 12.1 Å². The highest BCUT2D eigenvalue weighted by Gasteiger charge is 2.36. The van der Waals surface area contributed by atoms with Crippen molar-refractivity contribution < 1.29 is 33.1 Å². The van der Waals surface area contributed by atoms with Crippen LogP contribution in [0.4, 0.5) is 4.79 Å². The smallest absolute Gasteiger partial charge is 0.335 e. The van der Waals surface area contributed by atoms with Crippen LogP contribution in [0.2, 0.25) is 0 Å². The van der Waals surface area contributed by atoms with Crippen molar-refractivity contribution >= 4 is 29.9 Å². The highest BCUT2D eigenvalue weighted by Crippen LogP contribution is 2.25. The second-order valence-electron chi connectivity index (χ2n) is 6.38. The number of urea groups is 1. The number of carboxylic acid groups (broad SMARTS) is 1. The van der Waals surface area contributed by atoms with Gasteiger partial charge in [0.2, 0.25) is 0 Å². The molecule has 4 amide bonds. The van der Waals surface area contributed by atoms with Crippen molar-refractivity contribution in [2.75, 3.05) is 0 Å². The number of hydrogen-bond acceptors (Lipinski definition) is 6. The average molecular weight is 406 g/mol. The Morgan fingerprint density at radius 1 is 1.10 bits per heavy atom. The zero-order valence-corrected chi connectivity index (χ0v) is 15.3. The molecule has 0 radical (unpaired) electrons. The number of carbonyl (C=O) groups excluding carboxylic acids is 3. The number of amides is 4. The van der Waals surface area contributed by atoms with E-state index in [1.807, 2.05) is 0 Å². The van der Waals surface area contributed by atoms with E-state index in [4.69, 9.17) is 13.9 Å². The fourth-order valence-electron chi connectivity index (χ4n) is 2.93. The summed E-state index contributed by atoms with van der Waals surface area (Å²) in [7, 11) is 0. The molecule has 2 aromatic heterocycles. The first-order chi connectivity index (χ1) is 14.4. The number of nitrogens with zero attached hydrogens (tertiary/aromatic N) is 1. The van der Waals surface area contributed by atoms with Gasteiger partial charge in [0.25, 0.3) is 11.8 Å². The summed E-state index contributed by atoms with van der Waals surface area (Å²) < 4.78 is 10.8. The van der Waals surface area contributed by atoms with Gasteiger partial charge in [0.05, 0.1) is 18.4 Å². The Labute approximate surface area is 169 Å². The molecule has 1 aliphatic heterocycles. The number of hydrogen-bond donors (Lipinski definition) is 2. The van der Waals surface area contributed by atoms with Crippen LogP contribution in [0.3, 0.4) is 0 Å². The van der Waals surface area contributed by atoms with Gasteiger partial charge in [-0.05, 0) is 42.5 Å². The van der Waals surface area contributed by atoms with Crippen LogP contribution >= 0.6 is 0 Å². The number of carboxylic acids is 1. The third-order valence-electron chi connectivity index (χ3n) is 4.39. The summed E-state index contributed by atoms with van der Waals surface area (Å²) in [5.41, 5.74) is 0.340. The van der Waals surface area contributed by atoms with Crippen LogP contribution in [0, 0.1) is 0 Å². The van der Waals surface area contributed by atoms with Crippen LogP contribution in [0.25, 0.3) is 17.4 Å². The Kier molecular flexibility index (Phi) is 4.77. The molecule has 0 saturated carbocycles. The van der Waals surface area contributed by atoms with Crippen LogP contribution in [-0.4, -0.2) is 33.8 Å². The zero-order valence-electron chi connectivity index (χ0n) is 15.3. The van der Waals surface area contributed by atoms with Crippen molar-refractivity contribution in [2.45, 2.75) is 6.54 Å². The number of carbonyl (C=O) groups is 4. The van der Waals surface area contributed by atoms with Gasteiger partial charge in [-0.25, -0.2) is 9.59 Å². The van der Waals surface area contributed by atoms with Gasteiger partial charge in [-0.15, -0.1) is 0 Å². The minimum atomic E-state index is -1.07. The molecule has 0 unspecified atom stereocenters. The number of furan rings is 2. The summed E-state index contributed by atoms with van der Waals surface area (Å²) in [5, 5.41) is 11.2. The fraction of sp³-hybridized carbons (Fsp3) is 0.0476. The summed E-state index contributed by atoms with van der Waals surface area (Å²) in [4.78, 5) is 48.9. The van der Waals surface area contributed by atoms with Crippen molar-refractivity contribution in [3.63, 3.8) is 0 Å². The molecule has 0 spiro atoms. The Balaban J connectivity index is 1.61. The lowest BCUT2D eigenvalue weighted by atomic mass is 10.1. The quantitative estimate of drug-likeness (QED) is 0.492. The van der Waals surface area contributed by atoms with Gasteiger partial charge in [-0.3, -0.25) is 19.8 Å². The van der Waals surface area contributed by atoms with E-state index < -0.39 is 23.8 Å². The molecule has 1 fully saturated rings. The van der Waals surface area contributed by atoms with Gasteiger partial charge in [0.15, 0.2) is 0 Å². The first-order valence-electron chi connectivity index (χ1n) is 8.77. The number of nitrogens with one attached hydrogen (secondary N) is 1. The molecule has 0 bridgehead atoms. The van der Waals surface area contributed by atoms with Crippen molar-refractivity contribution in [3.8, 4) is 11.3 Å². The van der Waals surface area contributed by atoms with Crippen LogP contribution in [0.5, 0.6) is 0 Å². The van der Waals surface area contributed by atoms with E-state index in [9.17, 15) is 19.2 Å². The summed E-state index contributed by atoms with van der Waals surface area (Å²) in [6, 6.07) is 11.6. The largest absolute Gasteiger partial charge is 0.478 e. The predicted octanol–water partition coefficient (Wildman–Crippen LogP) is 2.90. The minimum absolute atomic E-state index is 0.0951. The maximum Gasteiger partial charge on any atom is 0.335 e. The Morgan fingerprint density at radius 3 is 2.67 bits per heavy atom. The number of benzene rings is 1. The monoisotopic (exact) mass is 406 g/mol. The predicted molar refractivity (Wildman–Crippen MR) is 102 cm³/mol. The van der Waals surface area contributed by atoms with E-state index in [1.165, 1.54) is 30.5 Å². The number of barbiturate groups is 1. The van der Waals surface area contributed by atoms with E-state index >= 15 is 0 Å². The summed E-state index contributed by atoms with van der Waals surface area (Å²) in [6.07, 6.45) is 2.64. The van der Waals surface area contributed by atoms with Crippen LogP contribution in [-0.2, 0) is 16.1 Å². The van der Waals surface area contributed by atoms with Crippen molar-refractivity contribution in [2.24, 2.45) is 0 Å². The molecule has 1 saturated heterocycles. The third-order valence-corrected chi connectivity index (χ3v) is 4.39. The maximum atomic E-state index is 12.7. The second kappa shape index (κ2) is 7.55. The van der Waals surface area contributed by atoms with Crippen LogP contribution in [0.15, 0.2) is 69.2 Å². The summed E-state index contributed by atoms with van der Waals surface area (Å²) in [6.45, 7) is -0.131. The van der Waals surface area contributed by atoms with Gasteiger partial charge >= 0.3 is 12.0 Å². The molecule has 4 rings (SSSR count). The molecule has 9 nitrogen and oxygen atoms in total. The standard InChI is InChI=1S/C21H14N2O7/c24-18-16(19(25)23(21(28)22-18)11-15-5-2-8-29-15)10-14-6-7-17(30-14)12-3-1-4-13(9-12)20(26)27/h1-10H,11H2,(H,26,27)(H,22,24,28)/b16-10+. The van der Waals surface area contributed by atoms with Crippen molar-refractivity contribution in [1.82, 2.24) is 10.2 Å². The normalized spacial score (nSPS) is 15.5. The molecule has 3 aromatic rings. The molecule has 150 valence electrons. The second-order valence-corrected chi connectivity index (χ2v) is 6.38. The molecule has 2 N–H and O–H groups in total. The van der Waals surface area contributed by atoms with E-state index in [0.29, 0.717) is 17.1 Å². The van der Waals surface area contributed by atoms with Crippen LogP contribution < -0.4 is 5.32 Å². The molecule has 30 heavy (non-hydrogen) atoms. The fourth-order valence-corrected chi connectivity index (χ4v) is 2.93. The number of aromatic carboxylic acids is 1. The van der Waals surface area contributed by atoms with E-state index in [-0.39, 0.29) is 23.4 Å². The Bertz CT molecular complexity index is 1190. The Hall–Kier alpha value is -4.40. The maximum absolute atomic E-state index is 12.7. The van der Waals surface area contributed by atoms with Crippen LogP contribution in [0.1, 0.15) is 21.9 Å². The van der Waals surface area contributed by atoms with Gasteiger partial charge < -0.3 is 13.9 Å². The van der Waals surface area contributed by atoms with Crippen molar-refractivity contribution in [3.05, 3.63) is 77.5 Å². The third kappa shape index (κ3) is 3.63. The topological polar surface area (TPSA) is 130 Å². The molecular formula is C21H14N2O7. The number of imide groups is 2. The molecule has 1 aromatic carbocycles. The highest BCUT2D eigenvalue weighted by molar-refractivity contribution is 6.30. The molecule has 0 aliphatic carbocycles. The summed E-state index contributed by atoms with van der Waals surface area (Å²) in [5.74, 6) is -1.77. The Morgan fingerprint density at radius 2 is 1.93 bits per heavy atom. The summed E-state index contributed by atoms with van der Waals surface area (Å²) >= 11 is 0. The zero-order chi connectivity index (χ0) is 21.3. The SMILES string of the molecule is O=C1NC(=O)N(Cc2ccco2)C(=O)/C1=C/c1ccc(-c2cccc(C(=O)O)c2)o1. The lowest BCUT2D eigenvalue weighted by Gasteiger charge is -2.25. The first-order valence-corrected chi connectivity index (χ1v) is 8.77. The van der Waals surface area contributed by atoms with E-state index in [2.05, 4.69) is 5.32 Å². The van der Waals surface area contributed by atoms with E-state index in [1.54, 1.807) is 30.3 Å².